The number of sulfonamides is 1. The second-order valence-corrected chi connectivity index (χ2v) is 12.8. The van der Waals surface area contributed by atoms with Crippen LogP contribution in [0.4, 0.5) is 0 Å². The van der Waals surface area contributed by atoms with Crippen molar-refractivity contribution < 1.29 is 8.42 Å². The molecule has 0 amide bonds. The van der Waals surface area contributed by atoms with Gasteiger partial charge in [-0.3, -0.25) is 0 Å². The first-order valence-corrected chi connectivity index (χ1v) is 16.8. The van der Waals surface area contributed by atoms with E-state index in [1.54, 1.807) is 0 Å². The highest BCUT2D eigenvalue weighted by Gasteiger charge is 2.12. The highest BCUT2D eigenvalue weighted by molar-refractivity contribution is 7.89. The lowest BCUT2D eigenvalue weighted by Gasteiger charge is -2.13. The number of rotatable bonds is 18. The molecule has 0 bridgehead atoms. The smallest absolute Gasteiger partial charge is 0.247 e. The molecule has 0 aliphatic carbocycles. The maximum absolute atomic E-state index is 12.7. The Hall–Kier alpha value is -2.31. The van der Waals surface area contributed by atoms with Crippen molar-refractivity contribution >= 4 is 32.5 Å². The maximum Gasteiger partial charge on any atom is 0.247 e. The van der Waals surface area contributed by atoms with E-state index >= 15 is 0 Å². The van der Waals surface area contributed by atoms with Crippen LogP contribution in [0.1, 0.15) is 96.8 Å². The number of unbranched alkanes of at least 4 members (excludes halogenated alkanes) is 13. The van der Waals surface area contributed by atoms with E-state index in [4.69, 9.17) is 11.6 Å². The van der Waals surface area contributed by atoms with E-state index < -0.39 is 10.0 Å². The lowest BCUT2D eigenvalue weighted by molar-refractivity contribution is 0.536. The van der Waals surface area contributed by atoms with Crippen LogP contribution in [-0.2, 0) is 17.1 Å². The molecule has 0 spiro atoms. The van der Waals surface area contributed by atoms with Gasteiger partial charge in [0.05, 0.1) is 5.75 Å². The zero-order valence-corrected chi connectivity index (χ0v) is 25.4. The number of nitrogens with one attached hydrogen (secondary N) is 1. The molecule has 5 nitrogen and oxygen atoms in total. The SMILES string of the molecule is CCCCCCCCCCCCCCCCS(=O)(=O)NN=c1cc(-c2ccccc2Cl)c2ccccc2n1C. The van der Waals surface area contributed by atoms with Crippen LogP contribution in [0.3, 0.4) is 0 Å². The Bertz CT molecular complexity index is 1330. The topological polar surface area (TPSA) is 63.5 Å². The number of nitrogens with zero attached hydrogens (tertiary/aromatic N) is 2. The number of aromatic nitrogens is 1. The van der Waals surface area contributed by atoms with E-state index in [1.165, 1.54) is 70.6 Å². The number of hydrogen-bond acceptors (Lipinski definition) is 3. The Morgan fingerprint density at radius 2 is 1.28 bits per heavy atom. The fourth-order valence-corrected chi connectivity index (χ4v) is 6.22. The summed E-state index contributed by atoms with van der Waals surface area (Å²) in [6, 6.07) is 17.5. The molecule has 1 aromatic heterocycles. The molecule has 0 aliphatic heterocycles. The number of fused-ring (bicyclic) bond motifs is 1. The van der Waals surface area contributed by atoms with Gasteiger partial charge in [-0.15, -0.1) is 5.10 Å². The molecule has 39 heavy (non-hydrogen) atoms. The normalized spacial score (nSPS) is 12.3. The van der Waals surface area contributed by atoms with Crippen molar-refractivity contribution in [2.75, 3.05) is 5.75 Å². The molecule has 7 heteroatoms. The molecule has 2 aromatic carbocycles. The molecule has 3 aromatic rings. The average molecular weight is 572 g/mol. The van der Waals surface area contributed by atoms with E-state index in [1.807, 2.05) is 66.2 Å². The van der Waals surface area contributed by atoms with Gasteiger partial charge < -0.3 is 4.57 Å². The van der Waals surface area contributed by atoms with Gasteiger partial charge in [0.1, 0.15) is 0 Å². The van der Waals surface area contributed by atoms with Gasteiger partial charge in [-0.05, 0) is 30.2 Å². The van der Waals surface area contributed by atoms with Gasteiger partial charge in [0.2, 0.25) is 10.0 Å². The van der Waals surface area contributed by atoms with Crippen LogP contribution >= 0.6 is 11.6 Å². The molecule has 1 N–H and O–H groups in total. The van der Waals surface area contributed by atoms with Gasteiger partial charge in [0.15, 0.2) is 5.49 Å². The molecule has 0 aliphatic rings. The molecule has 0 saturated carbocycles. The van der Waals surface area contributed by atoms with Gasteiger partial charge in [-0.2, -0.15) is 0 Å². The van der Waals surface area contributed by atoms with Crippen molar-refractivity contribution in [3.63, 3.8) is 0 Å². The molecular weight excluding hydrogens is 526 g/mol. The highest BCUT2D eigenvalue weighted by Crippen LogP contribution is 2.32. The largest absolute Gasteiger partial charge is 0.327 e. The van der Waals surface area contributed by atoms with E-state index in [0.29, 0.717) is 16.9 Å². The van der Waals surface area contributed by atoms with Crippen LogP contribution in [0.25, 0.3) is 22.0 Å². The van der Waals surface area contributed by atoms with Crippen LogP contribution < -0.4 is 10.3 Å². The minimum absolute atomic E-state index is 0.0865. The number of halogens is 1. The second-order valence-electron chi connectivity index (χ2n) is 10.6. The van der Waals surface area contributed by atoms with Gasteiger partial charge >= 0.3 is 0 Å². The molecule has 214 valence electrons. The van der Waals surface area contributed by atoms with Crippen LogP contribution in [0, 0.1) is 0 Å². The van der Waals surface area contributed by atoms with E-state index in [9.17, 15) is 8.42 Å². The number of pyridine rings is 1. The van der Waals surface area contributed by atoms with Gasteiger partial charge in [0.25, 0.3) is 0 Å². The van der Waals surface area contributed by atoms with E-state index in [-0.39, 0.29) is 5.75 Å². The van der Waals surface area contributed by atoms with Crippen molar-refractivity contribution in [2.45, 2.75) is 96.8 Å². The highest BCUT2D eigenvalue weighted by atomic mass is 35.5. The Labute approximate surface area is 240 Å². The van der Waals surface area contributed by atoms with Crippen LogP contribution in [0.5, 0.6) is 0 Å². The monoisotopic (exact) mass is 571 g/mol. The van der Waals surface area contributed by atoms with Crippen LogP contribution in [0.2, 0.25) is 5.02 Å². The van der Waals surface area contributed by atoms with E-state index in [2.05, 4.69) is 16.9 Å². The third kappa shape index (κ3) is 10.3. The Morgan fingerprint density at radius 1 is 0.744 bits per heavy atom. The predicted octanol–water partition coefficient (Wildman–Crippen LogP) is 8.72. The summed E-state index contributed by atoms with van der Waals surface area (Å²) >= 11 is 6.50. The summed E-state index contributed by atoms with van der Waals surface area (Å²) in [5.74, 6) is 0.0865. The molecular formula is C32H46ClN3O2S. The summed E-state index contributed by atoms with van der Waals surface area (Å²) in [6.07, 6.45) is 17.3. The molecule has 0 atom stereocenters. The molecule has 0 fully saturated rings. The van der Waals surface area contributed by atoms with Crippen molar-refractivity contribution in [2.24, 2.45) is 12.1 Å². The van der Waals surface area contributed by atoms with Gasteiger partial charge in [0, 0.05) is 28.5 Å². The summed E-state index contributed by atoms with van der Waals surface area (Å²) in [7, 11) is -1.62. The summed E-state index contributed by atoms with van der Waals surface area (Å²) in [4.78, 5) is 2.46. The molecule has 0 saturated heterocycles. The average Bonchev–Trinajstić information content (AvgIpc) is 2.93. The fraction of sp³-hybridized carbons (Fsp3) is 0.531. The van der Waals surface area contributed by atoms with Crippen molar-refractivity contribution in [3.05, 3.63) is 65.1 Å². The third-order valence-corrected chi connectivity index (χ3v) is 8.93. The Balaban J connectivity index is 1.46. The first kappa shape index (κ1) is 31.2. The van der Waals surface area contributed by atoms with E-state index in [0.717, 1.165) is 34.9 Å². The lowest BCUT2D eigenvalue weighted by atomic mass is 10.0. The first-order valence-electron chi connectivity index (χ1n) is 14.8. The lowest BCUT2D eigenvalue weighted by Crippen LogP contribution is -2.28. The van der Waals surface area contributed by atoms with Crippen LogP contribution in [-0.4, -0.2) is 18.7 Å². The summed E-state index contributed by atoms with van der Waals surface area (Å²) in [5, 5.41) is 5.97. The van der Waals surface area contributed by atoms with Gasteiger partial charge in [-0.1, -0.05) is 138 Å². The Kier molecular flexibility index (Phi) is 13.4. The first-order chi connectivity index (χ1) is 18.9. The van der Waals surface area contributed by atoms with Crippen molar-refractivity contribution in [3.8, 4) is 11.1 Å². The zero-order chi connectivity index (χ0) is 27.9. The number of aryl methyl sites for hydroxylation is 1. The summed E-state index contributed by atoms with van der Waals surface area (Å²) in [6.45, 7) is 2.26. The standard InChI is InChI=1S/C32H46ClN3O2S/c1-3-4-5-6-7-8-9-10-11-12-13-14-15-20-25-39(37,38)35-34-32-26-29(27-21-16-18-23-30(27)33)28-22-17-19-24-31(28)36(32)2/h16-19,21-24,26,35H,3-15,20,25H2,1-2H3. The molecule has 3 rings (SSSR count). The quantitative estimate of drug-likeness (QED) is 0.122. The number of hydrogen-bond donors (Lipinski definition) is 1. The fourth-order valence-electron chi connectivity index (χ4n) is 5.08. The molecule has 0 radical (unpaired) electrons. The second kappa shape index (κ2) is 16.7. The van der Waals surface area contributed by atoms with Gasteiger partial charge in [-0.25, -0.2) is 13.2 Å². The van der Waals surface area contributed by atoms with Crippen molar-refractivity contribution in [1.29, 1.82) is 0 Å². The number of para-hydroxylation sites is 1. The van der Waals surface area contributed by atoms with Crippen LogP contribution in [0.15, 0.2) is 59.7 Å². The summed E-state index contributed by atoms with van der Waals surface area (Å²) < 4.78 is 27.2. The minimum Gasteiger partial charge on any atom is -0.327 e. The van der Waals surface area contributed by atoms with Crippen molar-refractivity contribution in [1.82, 2.24) is 9.40 Å². The minimum atomic E-state index is -3.51. The predicted molar refractivity (Wildman–Crippen MR) is 166 cm³/mol. The maximum atomic E-state index is 12.7. The zero-order valence-electron chi connectivity index (χ0n) is 23.8. The molecule has 0 unspecified atom stereocenters. The molecule has 1 heterocycles. The number of benzene rings is 2. The summed E-state index contributed by atoms with van der Waals surface area (Å²) in [5.41, 5.74) is 3.27. The Morgan fingerprint density at radius 3 is 1.90 bits per heavy atom. The third-order valence-electron chi connectivity index (χ3n) is 7.40.